The number of nitrogens with one attached hydrogen (secondary N) is 2. The van der Waals surface area contributed by atoms with Crippen LogP contribution < -0.4 is 10.9 Å². The first-order valence-corrected chi connectivity index (χ1v) is 9.97. The number of hydrogen-bond donors (Lipinski definition) is 4. The molecule has 0 spiro atoms. The van der Waals surface area contributed by atoms with Gasteiger partial charge >= 0.3 is 6.18 Å². The van der Waals surface area contributed by atoms with Gasteiger partial charge < -0.3 is 20.5 Å². The van der Waals surface area contributed by atoms with Crippen molar-refractivity contribution in [3.8, 4) is 0 Å². The maximum absolute atomic E-state index is 15.3. The Hall–Kier alpha value is -2.72. The van der Waals surface area contributed by atoms with Gasteiger partial charge in [-0.3, -0.25) is 4.79 Å². The van der Waals surface area contributed by atoms with Gasteiger partial charge in [0.1, 0.15) is 0 Å². The van der Waals surface area contributed by atoms with E-state index in [0.29, 0.717) is 16.6 Å². The average molecular weight is 456 g/mol. The van der Waals surface area contributed by atoms with Gasteiger partial charge in [0.05, 0.1) is 17.7 Å². The molecule has 0 saturated carbocycles. The summed E-state index contributed by atoms with van der Waals surface area (Å²) < 4.78 is 70.3. The van der Waals surface area contributed by atoms with Crippen LogP contribution in [0.5, 0.6) is 0 Å². The molecule has 1 aromatic heterocycles. The smallest absolute Gasteiger partial charge is 0.390 e. The van der Waals surface area contributed by atoms with Gasteiger partial charge in [0.15, 0.2) is 0 Å². The lowest BCUT2D eigenvalue weighted by atomic mass is 9.65. The van der Waals surface area contributed by atoms with E-state index in [1.807, 2.05) is 0 Å². The number of aromatic amines is 1. The van der Waals surface area contributed by atoms with E-state index in [9.17, 15) is 32.6 Å². The highest BCUT2D eigenvalue weighted by Gasteiger charge is 2.72. The van der Waals surface area contributed by atoms with Gasteiger partial charge in [0, 0.05) is 22.7 Å². The van der Waals surface area contributed by atoms with E-state index in [0.717, 1.165) is 6.08 Å². The lowest BCUT2D eigenvalue weighted by Crippen LogP contribution is -2.62. The third-order valence-corrected chi connectivity index (χ3v) is 6.59. The summed E-state index contributed by atoms with van der Waals surface area (Å²) in [6.45, 7) is 2.82. The van der Waals surface area contributed by atoms with Crippen molar-refractivity contribution in [3.05, 3.63) is 64.0 Å². The lowest BCUT2D eigenvalue weighted by Gasteiger charge is -2.48. The molecule has 0 amide bonds. The minimum absolute atomic E-state index is 0.0451. The standard InChI is InChI=1S/C22H21F5N2O3/c1-10-11(2)19(31)18(29-15-5-3-4-14-12(15)6-7-16(30)28-14)13-8-9-20(23,22(25,26)27)21(24,32)17(10)13/h3-11,18-19,29,31-32H,1-2H3,(H,28,30). The van der Waals surface area contributed by atoms with E-state index in [2.05, 4.69) is 10.3 Å². The maximum Gasteiger partial charge on any atom is 0.432 e. The zero-order valence-corrected chi connectivity index (χ0v) is 17.0. The number of benzene rings is 1. The Kier molecular flexibility index (Phi) is 5.02. The number of fused-ring (bicyclic) bond motifs is 1. The van der Waals surface area contributed by atoms with E-state index >= 15 is 4.39 Å². The van der Waals surface area contributed by atoms with Crippen LogP contribution in [0.2, 0.25) is 0 Å². The van der Waals surface area contributed by atoms with E-state index in [1.165, 1.54) is 26.0 Å². The Labute approximate surface area is 179 Å². The predicted octanol–water partition coefficient (Wildman–Crippen LogP) is 3.75. The number of aromatic nitrogens is 1. The molecule has 4 rings (SSSR count). The number of hydrogen-bond acceptors (Lipinski definition) is 4. The number of rotatable bonds is 2. The molecule has 10 heteroatoms. The Bertz CT molecular complexity index is 1190. The summed E-state index contributed by atoms with van der Waals surface area (Å²) in [4.78, 5) is 14.2. The third kappa shape index (κ3) is 3.07. The number of anilines is 1. The lowest BCUT2D eigenvalue weighted by molar-refractivity contribution is -0.294. The van der Waals surface area contributed by atoms with Crippen molar-refractivity contribution in [2.24, 2.45) is 11.8 Å². The van der Waals surface area contributed by atoms with E-state index in [-0.39, 0.29) is 17.2 Å². The molecule has 0 fully saturated rings. The number of aliphatic hydroxyl groups excluding tert-OH is 1. The molecule has 0 bridgehead atoms. The minimum atomic E-state index is -5.70. The van der Waals surface area contributed by atoms with Crippen LogP contribution in [0.3, 0.4) is 0 Å². The number of aliphatic hydroxyl groups is 2. The molecule has 0 aliphatic heterocycles. The third-order valence-electron chi connectivity index (χ3n) is 6.59. The van der Waals surface area contributed by atoms with Gasteiger partial charge in [-0.15, -0.1) is 0 Å². The fourth-order valence-electron chi connectivity index (χ4n) is 4.60. The normalized spacial score (nSPS) is 35.2. The Morgan fingerprint density at radius 1 is 1.12 bits per heavy atom. The van der Waals surface area contributed by atoms with Crippen molar-refractivity contribution >= 4 is 16.6 Å². The first-order valence-electron chi connectivity index (χ1n) is 9.97. The molecule has 2 aliphatic carbocycles. The number of alkyl halides is 5. The van der Waals surface area contributed by atoms with E-state index in [4.69, 9.17) is 0 Å². The quantitative estimate of drug-likeness (QED) is 0.519. The molecule has 0 radical (unpaired) electrons. The molecule has 6 atom stereocenters. The van der Waals surface area contributed by atoms with E-state index < -0.39 is 47.3 Å². The monoisotopic (exact) mass is 456 g/mol. The molecule has 4 N–H and O–H groups in total. The van der Waals surface area contributed by atoms with Crippen LogP contribution in [-0.2, 0) is 0 Å². The second kappa shape index (κ2) is 7.14. The Morgan fingerprint density at radius 3 is 2.47 bits per heavy atom. The first-order chi connectivity index (χ1) is 14.8. The summed E-state index contributed by atoms with van der Waals surface area (Å²) in [5.41, 5.74) is -5.03. The van der Waals surface area contributed by atoms with Crippen LogP contribution in [0.4, 0.5) is 27.6 Å². The van der Waals surface area contributed by atoms with E-state index in [1.54, 1.807) is 18.2 Å². The molecule has 5 nitrogen and oxygen atoms in total. The summed E-state index contributed by atoms with van der Waals surface area (Å²) >= 11 is 0. The van der Waals surface area contributed by atoms with Gasteiger partial charge in [-0.2, -0.15) is 13.2 Å². The van der Waals surface area contributed by atoms with Crippen LogP contribution in [0.15, 0.2) is 58.4 Å². The molecule has 32 heavy (non-hydrogen) atoms. The molecule has 2 aliphatic rings. The molecule has 172 valence electrons. The van der Waals surface area contributed by atoms with Gasteiger partial charge in [0.25, 0.3) is 11.5 Å². The van der Waals surface area contributed by atoms with Crippen molar-refractivity contribution in [1.29, 1.82) is 0 Å². The molecular formula is C22H21F5N2O3. The largest absolute Gasteiger partial charge is 0.432 e. The van der Waals surface area contributed by atoms with Crippen LogP contribution >= 0.6 is 0 Å². The molecular weight excluding hydrogens is 435 g/mol. The molecule has 0 saturated heterocycles. The minimum Gasteiger partial charge on any atom is -0.390 e. The zero-order chi connectivity index (χ0) is 23.6. The Morgan fingerprint density at radius 2 is 1.81 bits per heavy atom. The second-order valence-corrected chi connectivity index (χ2v) is 8.38. The highest BCUT2D eigenvalue weighted by molar-refractivity contribution is 5.91. The summed E-state index contributed by atoms with van der Waals surface area (Å²) in [6, 6.07) is 6.50. The molecule has 6 unspecified atom stereocenters. The van der Waals surface area contributed by atoms with Gasteiger partial charge in [0.2, 0.25) is 5.56 Å². The highest BCUT2D eigenvalue weighted by atomic mass is 19.4. The van der Waals surface area contributed by atoms with Crippen LogP contribution in [-0.4, -0.2) is 45.0 Å². The molecule has 2 aromatic rings. The summed E-state index contributed by atoms with van der Waals surface area (Å²) in [7, 11) is 0. The van der Waals surface area contributed by atoms with Gasteiger partial charge in [-0.25, -0.2) is 8.78 Å². The van der Waals surface area contributed by atoms with Crippen molar-refractivity contribution in [2.45, 2.75) is 43.7 Å². The number of H-pyrrole nitrogens is 1. The van der Waals surface area contributed by atoms with Crippen molar-refractivity contribution in [3.63, 3.8) is 0 Å². The second-order valence-electron chi connectivity index (χ2n) is 8.38. The fourth-order valence-corrected chi connectivity index (χ4v) is 4.60. The van der Waals surface area contributed by atoms with Crippen molar-refractivity contribution < 1.29 is 32.2 Å². The van der Waals surface area contributed by atoms with Crippen molar-refractivity contribution in [1.82, 2.24) is 4.98 Å². The predicted molar refractivity (Wildman–Crippen MR) is 108 cm³/mol. The van der Waals surface area contributed by atoms with Crippen LogP contribution in [0.25, 0.3) is 10.9 Å². The topological polar surface area (TPSA) is 85.4 Å². The van der Waals surface area contributed by atoms with Crippen LogP contribution in [0, 0.1) is 11.8 Å². The molecule has 1 heterocycles. The summed E-state index contributed by atoms with van der Waals surface area (Å²) in [5.74, 6) is -6.25. The summed E-state index contributed by atoms with van der Waals surface area (Å²) in [5, 5.41) is 24.7. The number of pyridine rings is 1. The highest BCUT2D eigenvalue weighted by Crippen LogP contribution is 2.55. The Balaban J connectivity index is 1.86. The number of halogens is 5. The SMILES string of the molecule is CC1C2=C(C=CC(F)(C(F)(F)F)C2(O)F)C(Nc2cccc3[nH]c(=O)ccc23)C(O)C1C. The summed E-state index contributed by atoms with van der Waals surface area (Å²) in [6.07, 6.45) is -6.17. The fraction of sp³-hybridized carbons (Fsp3) is 0.409. The van der Waals surface area contributed by atoms with Gasteiger partial charge in [-0.05, 0) is 41.7 Å². The average Bonchev–Trinajstić information content (AvgIpc) is 2.70. The van der Waals surface area contributed by atoms with Crippen molar-refractivity contribution in [2.75, 3.05) is 5.32 Å². The van der Waals surface area contributed by atoms with Crippen LogP contribution in [0.1, 0.15) is 13.8 Å². The first kappa shape index (κ1) is 22.5. The zero-order valence-electron chi connectivity index (χ0n) is 17.0. The molecule has 1 aromatic carbocycles. The van der Waals surface area contributed by atoms with Gasteiger partial charge in [-0.1, -0.05) is 26.0 Å². The maximum atomic E-state index is 15.3.